The zero-order valence-corrected chi connectivity index (χ0v) is 12.1. The topological polar surface area (TPSA) is 75.3 Å². The molecule has 1 aromatic heterocycles. The Balaban J connectivity index is 1.77. The maximum atomic E-state index is 13.5. The third-order valence-corrected chi connectivity index (χ3v) is 2.84. The van der Waals surface area contributed by atoms with Gasteiger partial charge in [0.15, 0.2) is 11.8 Å². The number of aromatic nitrogens is 2. The van der Waals surface area contributed by atoms with Crippen molar-refractivity contribution in [2.75, 3.05) is 13.6 Å². The standard InChI is InChI=1S/C14H18FN5O/c1-10-19-13(21-20-10)9-18-14(16-2)17-8-7-11-5-3-4-6-12(11)15/h3-6H,7-9H2,1-2H3,(H2,16,17,18). The Bertz CT molecular complexity index is 611. The molecule has 0 spiro atoms. The summed E-state index contributed by atoms with van der Waals surface area (Å²) in [7, 11) is 1.66. The van der Waals surface area contributed by atoms with Crippen molar-refractivity contribution < 1.29 is 8.91 Å². The molecule has 112 valence electrons. The molecule has 0 atom stereocenters. The van der Waals surface area contributed by atoms with Gasteiger partial charge < -0.3 is 15.2 Å². The minimum atomic E-state index is -0.191. The first kappa shape index (κ1) is 15.0. The zero-order chi connectivity index (χ0) is 15.1. The number of nitrogens with zero attached hydrogens (tertiary/aromatic N) is 3. The van der Waals surface area contributed by atoms with E-state index in [2.05, 4.69) is 25.8 Å². The van der Waals surface area contributed by atoms with Crippen LogP contribution in [0.5, 0.6) is 0 Å². The Hall–Kier alpha value is -2.44. The minimum absolute atomic E-state index is 0.191. The van der Waals surface area contributed by atoms with Crippen LogP contribution in [0.15, 0.2) is 33.8 Å². The number of hydrogen-bond donors (Lipinski definition) is 2. The number of guanidine groups is 1. The number of hydrogen-bond acceptors (Lipinski definition) is 4. The van der Waals surface area contributed by atoms with E-state index in [9.17, 15) is 4.39 Å². The Labute approximate surface area is 122 Å². The molecule has 2 N–H and O–H groups in total. The largest absolute Gasteiger partial charge is 0.356 e. The second kappa shape index (κ2) is 7.37. The molecule has 0 saturated carbocycles. The molecule has 6 nitrogen and oxygen atoms in total. The van der Waals surface area contributed by atoms with Gasteiger partial charge in [-0.05, 0) is 25.0 Å². The maximum Gasteiger partial charge on any atom is 0.246 e. The molecule has 0 saturated heterocycles. The number of nitrogens with one attached hydrogen (secondary N) is 2. The Morgan fingerprint density at radius 1 is 1.33 bits per heavy atom. The molecule has 0 radical (unpaired) electrons. The van der Waals surface area contributed by atoms with Gasteiger partial charge in [0.05, 0.1) is 6.54 Å². The predicted octanol–water partition coefficient (Wildman–Crippen LogP) is 1.42. The highest BCUT2D eigenvalue weighted by Crippen LogP contribution is 2.06. The summed E-state index contributed by atoms with van der Waals surface area (Å²) >= 11 is 0. The van der Waals surface area contributed by atoms with Crippen LogP contribution in [-0.2, 0) is 13.0 Å². The normalized spacial score (nSPS) is 11.5. The number of aryl methyl sites for hydroxylation is 1. The van der Waals surface area contributed by atoms with Gasteiger partial charge in [-0.1, -0.05) is 23.4 Å². The summed E-state index contributed by atoms with van der Waals surface area (Å²) in [4.78, 5) is 8.16. The first-order valence-electron chi connectivity index (χ1n) is 6.66. The monoisotopic (exact) mass is 291 g/mol. The summed E-state index contributed by atoms with van der Waals surface area (Å²) in [6.07, 6.45) is 0.576. The van der Waals surface area contributed by atoms with E-state index in [4.69, 9.17) is 4.52 Å². The average molecular weight is 291 g/mol. The third-order valence-electron chi connectivity index (χ3n) is 2.84. The molecule has 0 aliphatic heterocycles. The van der Waals surface area contributed by atoms with Crippen LogP contribution in [0.25, 0.3) is 0 Å². The van der Waals surface area contributed by atoms with Gasteiger partial charge in [0.1, 0.15) is 5.82 Å². The van der Waals surface area contributed by atoms with Crippen LogP contribution in [-0.4, -0.2) is 29.7 Å². The summed E-state index contributed by atoms with van der Waals surface area (Å²) in [5.74, 6) is 1.49. The molecule has 0 bridgehead atoms. The fraction of sp³-hybridized carbons (Fsp3) is 0.357. The molecule has 21 heavy (non-hydrogen) atoms. The minimum Gasteiger partial charge on any atom is -0.356 e. The molecule has 0 amide bonds. The Kier molecular flexibility index (Phi) is 5.25. The van der Waals surface area contributed by atoms with Gasteiger partial charge in [-0.3, -0.25) is 4.99 Å². The second-order valence-electron chi connectivity index (χ2n) is 4.43. The van der Waals surface area contributed by atoms with Crippen molar-refractivity contribution in [2.24, 2.45) is 4.99 Å². The smallest absolute Gasteiger partial charge is 0.246 e. The molecule has 1 aromatic carbocycles. The van der Waals surface area contributed by atoms with Crippen molar-refractivity contribution in [3.8, 4) is 0 Å². The van der Waals surface area contributed by atoms with E-state index in [1.165, 1.54) is 6.07 Å². The van der Waals surface area contributed by atoms with Crippen LogP contribution < -0.4 is 10.6 Å². The molecule has 2 rings (SSSR count). The number of halogens is 1. The van der Waals surface area contributed by atoms with Crippen molar-refractivity contribution in [3.05, 3.63) is 47.4 Å². The molecule has 1 heterocycles. The molecule has 0 unspecified atom stereocenters. The lowest BCUT2D eigenvalue weighted by atomic mass is 10.1. The molecule has 0 aliphatic rings. The highest BCUT2D eigenvalue weighted by molar-refractivity contribution is 5.79. The Morgan fingerprint density at radius 2 is 2.14 bits per heavy atom. The van der Waals surface area contributed by atoms with E-state index in [-0.39, 0.29) is 5.82 Å². The molecule has 7 heteroatoms. The van der Waals surface area contributed by atoms with E-state index in [1.807, 2.05) is 6.07 Å². The van der Waals surface area contributed by atoms with Crippen molar-refractivity contribution >= 4 is 5.96 Å². The van der Waals surface area contributed by atoms with E-state index < -0.39 is 0 Å². The van der Waals surface area contributed by atoms with Crippen LogP contribution in [0.1, 0.15) is 17.3 Å². The first-order valence-corrected chi connectivity index (χ1v) is 6.66. The maximum absolute atomic E-state index is 13.5. The number of benzene rings is 1. The molecular weight excluding hydrogens is 273 g/mol. The lowest BCUT2D eigenvalue weighted by Gasteiger charge is -2.10. The zero-order valence-electron chi connectivity index (χ0n) is 12.1. The van der Waals surface area contributed by atoms with Gasteiger partial charge in [0.25, 0.3) is 0 Å². The fourth-order valence-electron chi connectivity index (χ4n) is 1.81. The summed E-state index contributed by atoms with van der Waals surface area (Å²) in [5, 5.41) is 9.86. The van der Waals surface area contributed by atoms with Gasteiger partial charge in [-0.25, -0.2) is 4.39 Å². The summed E-state index contributed by atoms with van der Waals surface area (Å²) in [6.45, 7) is 2.72. The summed E-state index contributed by atoms with van der Waals surface area (Å²) < 4.78 is 18.5. The summed E-state index contributed by atoms with van der Waals surface area (Å²) in [5.41, 5.74) is 0.674. The van der Waals surface area contributed by atoms with E-state index in [1.54, 1.807) is 26.1 Å². The van der Waals surface area contributed by atoms with E-state index in [0.29, 0.717) is 42.7 Å². The molecule has 0 aliphatic carbocycles. The van der Waals surface area contributed by atoms with Crippen LogP contribution in [0.4, 0.5) is 4.39 Å². The van der Waals surface area contributed by atoms with Crippen LogP contribution >= 0.6 is 0 Å². The van der Waals surface area contributed by atoms with Crippen molar-refractivity contribution in [1.82, 2.24) is 20.8 Å². The van der Waals surface area contributed by atoms with Gasteiger partial charge in [-0.15, -0.1) is 0 Å². The summed E-state index contributed by atoms with van der Waals surface area (Å²) in [6, 6.07) is 6.73. The lowest BCUT2D eigenvalue weighted by Crippen LogP contribution is -2.38. The fourth-order valence-corrected chi connectivity index (χ4v) is 1.81. The van der Waals surface area contributed by atoms with Gasteiger partial charge in [0, 0.05) is 13.6 Å². The predicted molar refractivity (Wildman–Crippen MR) is 77.3 cm³/mol. The van der Waals surface area contributed by atoms with Crippen LogP contribution in [0, 0.1) is 12.7 Å². The molecule has 2 aromatic rings. The lowest BCUT2D eigenvalue weighted by molar-refractivity contribution is 0.371. The Morgan fingerprint density at radius 3 is 2.81 bits per heavy atom. The second-order valence-corrected chi connectivity index (χ2v) is 4.43. The van der Waals surface area contributed by atoms with Crippen molar-refractivity contribution in [3.63, 3.8) is 0 Å². The van der Waals surface area contributed by atoms with Crippen molar-refractivity contribution in [1.29, 1.82) is 0 Å². The third kappa shape index (κ3) is 4.55. The quantitative estimate of drug-likeness (QED) is 0.644. The highest BCUT2D eigenvalue weighted by Gasteiger charge is 2.05. The number of rotatable bonds is 5. The van der Waals surface area contributed by atoms with Gasteiger partial charge in [0.2, 0.25) is 5.89 Å². The van der Waals surface area contributed by atoms with E-state index >= 15 is 0 Å². The number of aliphatic imine (C=N–C) groups is 1. The SMILES string of the molecule is CN=C(NCCc1ccccc1F)NCc1nc(C)no1. The average Bonchev–Trinajstić information content (AvgIpc) is 2.90. The first-order chi connectivity index (χ1) is 10.2. The van der Waals surface area contributed by atoms with Crippen LogP contribution in [0.3, 0.4) is 0 Å². The molecular formula is C14H18FN5O. The van der Waals surface area contributed by atoms with Gasteiger partial charge >= 0.3 is 0 Å². The highest BCUT2D eigenvalue weighted by atomic mass is 19.1. The van der Waals surface area contributed by atoms with Crippen LogP contribution in [0.2, 0.25) is 0 Å². The van der Waals surface area contributed by atoms with Gasteiger partial charge in [-0.2, -0.15) is 4.98 Å². The molecule has 0 fully saturated rings. The van der Waals surface area contributed by atoms with E-state index in [0.717, 1.165) is 0 Å². The van der Waals surface area contributed by atoms with Crippen molar-refractivity contribution in [2.45, 2.75) is 19.9 Å².